The Labute approximate surface area is 195 Å². The van der Waals surface area contributed by atoms with Crippen LogP contribution in [0.2, 0.25) is 0 Å². The highest BCUT2D eigenvalue weighted by Crippen LogP contribution is 2.27. The van der Waals surface area contributed by atoms with Crippen molar-refractivity contribution >= 4 is 55.9 Å². The van der Waals surface area contributed by atoms with E-state index in [9.17, 15) is 33.0 Å². The van der Waals surface area contributed by atoms with Gasteiger partial charge in [-0.25, -0.2) is 9.29 Å². The minimum absolute atomic E-state index is 0.0325. The van der Waals surface area contributed by atoms with Crippen LogP contribution in [-0.2, 0) is 29.5 Å². The molecule has 0 radical (unpaired) electrons. The Balaban J connectivity index is 1.68. The first-order chi connectivity index (χ1) is 15.9. The van der Waals surface area contributed by atoms with Crippen molar-refractivity contribution in [1.82, 2.24) is 14.6 Å². The second kappa shape index (κ2) is 9.49. The highest BCUT2D eigenvalue weighted by molar-refractivity contribution is 7.84. The maximum atomic E-state index is 12.7. The van der Waals surface area contributed by atoms with E-state index in [1.54, 1.807) is 0 Å². The van der Waals surface area contributed by atoms with Crippen LogP contribution in [0.3, 0.4) is 0 Å². The molecule has 1 aromatic carbocycles. The molecule has 0 aliphatic carbocycles. The summed E-state index contributed by atoms with van der Waals surface area (Å²) in [6.45, 7) is 0.618. The molecule has 1 aromatic heterocycles. The number of oxime groups is 1. The van der Waals surface area contributed by atoms with Gasteiger partial charge < -0.3 is 31.4 Å². The average Bonchev–Trinajstić information content (AvgIpc) is 3.17. The molecular formula is C17H18N6O9S2. The Morgan fingerprint density at radius 3 is 2.59 bits per heavy atom. The molecule has 1 aliphatic heterocycles. The minimum atomic E-state index is -4.78. The Kier molecular flexibility index (Phi) is 6.89. The summed E-state index contributed by atoms with van der Waals surface area (Å²) in [5, 5.41) is 28.4. The predicted octanol–water partition coefficient (Wildman–Crippen LogP) is -0.986. The van der Waals surface area contributed by atoms with Gasteiger partial charge in [-0.05, 0) is 19.1 Å². The molecule has 182 valence electrons. The molecule has 1 saturated heterocycles. The van der Waals surface area contributed by atoms with Gasteiger partial charge in [0, 0.05) is 17.1 Å². The van der Waals surface area contributed by atoms with Crippen molar-refractivity contribution in [2.24, 2.45) is 5.16 Å². The molecule has 0 bridgehead atoms. The van der Waals surface area contributed by atoms with Crippen molar-refractivity contribution < 1.29 is 42.4 Å². The number of anilines is 2. The second-order valence-corrected chi connectivity index (χ2v) is 9.02. The zero-order chi connectivity index (χ0) is 25.2. The Morgan fingerprint density at radius 1 is 1.32 bits per heavy atom. The molecule has 34 heavy (non-hydrogen) atoms. The first-order valence-corrected chi connectivity index (χ1v) is 11.5. The molecular weight excluding hydrogens is 496 g/mol. The summed E-state index contributed by atoms with van der Waals surface area (Å²) in [5.41, 5.74) is 5.24. The van der Waals surface area contributed by atoms with Crippen molar-refractivity contribution in [1.29, 1.82) is 0 Å². The number of phenolic OH excluding ortho intramolecular Hbond substituents is 2. The van der Waals surface area contributed by atoms with Crippen LogP contribution in [0, 0.1) is 0 Å². The van der Waals surface area contributed by atoms with Gasteiger partial charge in [0.25, 0.3) is 17.7 Å². The van der Waals surface area contributed by atoms with Gasteiger partial charge in [0.1, 0.15) is 11.7 Å². The predicted molar refractivity (Wildman–Crippen MR) is 117 cm³/mol. The highest BCUT2D eigenvalue weighted by Gasteiger charge is 2.51. The van der Waals surface area contributed by atoms with Crippen molar-refractivity contribution in [2.75, 3.05) is 17.7 Å². The number of carbonyl (C=O) groups excluding carboxylic acids is 3. The Hall–Kier alpha value is -3.96. The number of nitrogens with one attached hydrogen (secondary N) is 2. The van der Waals surface area contributed by atoms with Gasteiger partial charge in [-0.1, -0.05) is 5.16 Å². The van der Waals surface area contributed by atoms with Crippen molar-refractivity contribution in [3.05, 3.63) is 29.3 Å². The fraction of sp³-hybridized carbons (Fsp3) is 0.235. The van der Waals surface area contributed by atoms with E-state index in [1.165, 1.54) is 18.4 Å². The number of phenols is 2. The Morgan fingerprint density at radius 2 is 2.03 bits per heavy atom. The number of amides is 3. The molecule has 3 rings (SSSR count). The van der Waals surface area contributed by atoms with E-state index in [0.29, 0.717) is 0 Å². The molecule has 2 aromatic rings. The van der Waals surface area contributed by atoms with Gasteiger partial charge in [0.15, 0.2) is 28.9 Å². The number of benzene rings is 1. The summed E-state index contributed by atoms with van der Waals surface area (Å²) in [5.74, 6) is -3.59. The van der Waals surface area contributed by atoms with E-state index in [4.69, 9.17) is 15.1 Å². The SMILES string of the molecule is C[C@H]1[C@H](NC(=O)C(=NOCC(=O)Nc2ccc(O)c(O)c2)c2csc(N)n2)C(=O)N1S(=O)(=O)O. The van der Waals surface area contributed by atoms with Crippen LogP contribution < -0.4 is 16.4 Å². The molecule has 17 heteroatoms. The van der Waals surface area contributed by atoms with Crippen LogP contribution in [0.4, 0.5) is 10.8 Å². The van der Waals surface area contributed by atoms with Gasteiger partial charge >= 0.3 is 10.3 Å². The maximum Gasteiger partial charge on any atom is 0.362 e. The highest BCUT2D eigenvalue weighted by atomic mass is 32.2. The number of hydrogen-bond donors (Lipinski definition) is 6. The third-order valence-corrected chi connectivity index (χ3v) is 6.14. The number of β-lactam (4-membered cyclic amide) rings is 1. The molecule has 0 spiro atoms. The van der Waals surface area contributed by atoms with E-state index in [2.05, 4.69) is 20.8 Å². The third-order valence-electron chi connectivity index (χ3n) is 4.46. The van der Waals surface area contributed by atoms with Crippen LogP contribution >= 0.6 is 11.3 Å². The summed E-state index contributed by atoms with van der Waals surface area (Å²) in [6, 6.07) is 1.23. The van der Waals surface area contributed by atoms with Crippen molar-refractivity contribution in [3.8, 4) is 11.5 Å². The van der Waals surface area contributed by atoms with Crippen LogP contribution in [0.5, 0.6) is 11.5 Å². The van der Waals surface area contributed by atoms with Gasteiger partial charge in [-0.2, -0.15) is 8.42 Å². The van der Waals surface area contributed by atoms with E-state index in [1.807, 2.05) is 0 Å². The molecule has 1 aliphatic rings. The number of hydrogen-bond acceptors (Lipinski definition) is 12. The summed E-state index contributed by atoms with van der Waals surface area (Å²) in [4.78, 5) is 45.6. The standard InChI is InChI=1S/C17H18N6O9S2/c1-7-13(16(28)23(7)34(29,30)31)21-15(27)14(9-6-33-17(18)20-9)22-32-5-12(26)19-8-2-3-10(24)11(25)4-8/h2-4,6-7,13,24-25H,5H2,1H3,(H2,18,20)(H,19,26)(H,21,27)(H,29,30,31)/t7-,13-/m0/s1. The normalized spacial score (nSPS) is 18.2. The quantitative estimate of drug-likeness (QED) is 0.0625. The summed E-state index contributed by atoms with van der Waals surface area (Å²) < 4.78 is 31.7. The van der Waals surface area contributed by atoms with Crippen LogP contribution in [0.25, 0.3) is 0 Å². The third kappa shape index (κ3) is 5.33. The first-order valence-electron chi connectivity index (χ1n) is 9.23. The number of carbonyl (C=O) groups is 3. The van der Waals surface area contributed by atoms with E-state index < -0.39 is 58.2 Å². The summed E-state index contributed by atoms with van der Waals surface area (Å²) in [7, 11) is -4.78. The zero-order valence-corrected chi connectivity index (χ0v) is 18.8. The minimum Gasteiger partial charge on any atom is -0.504 e. The smallest absolute Gasteiger partial charge is 0.362 e. The number of aromatic hydroxyl groups is 2. The van der Waals surface area contributed by atoms with Gasteiger partial charge in [-0.15, -0.1) is 11.3 Å². The van der Waals surface area contributed by atoms with Crippen LogP contribution in [0.15, 0.2) is 28.7 Å². The summed E-state index contributed by atoms with van der Waals surface area (Å²) in [6.07, 6.45) is 0. The lowest BCUT2D eigenvalue weighted by molar-refractivity contribution is -0.143. The van der Waals surface area contributed by atoms with Crippen LogP contribution in [-0.4, -0.2) is 74.6 Å². The largest absolute Gasteiger partial charge is 0.504 e. The molecule has 1 fully saturated rings. The van der Waals surface area contributed by atoms with Crippen molar-refractivity contribution in [3.63, 3.8) is 0 Å². The van der Waals surface area contributed by atoms with Gasteiger partial charge in [0.2, 0.25) is 0 Å². The van der Waals surface area contributed by atoms with E-state index in [0.717, 1.165) is 23.5 Å². The number of aromatic nitrogens is 1. The summed E-state index contributed by atoms with van der Waals surface area (Å²) >= 11 is 0.977. The number of nitrogens with two attached hydrogens (primary N) is 1. The fourth-order valence-corrected chi connectivity index (χ4v) is 4.30. The van der Waals surface area contributed by atoms with Crippen molar-refractivity contribution in [2.45, 2.75) is 19.0 Å². The lowest BCUT2D eigenvalue weighted by Crippen LogP contribution is -2.71. The number of nitrogen functional groups attached to an aromatic ring is 1. The molecule has 3 amide bonds. The topological polar surface area (TPSA) is 234 Å². The number of nitrogens with zero attached hydrogens (tertiary/aromatic N) is 3. The lowest BCUT2D eigenvalue weighted by Gasteiger charge is -2.42. The van der Waals surface area contributed by atoms with Crippen LogP contribution in [0.1, 0.15) is 12.6 Å². The number of rotatable bonds is 8. The zero-order valence-electron chi connectivity index (χ0n) is 17.2. The molecule has 0 saturated carbocycles. The molecule has 15 nitrogen and oxygen atoms in total. The Bertz CT molecular complexity index is 1280. The first kappa shape index (κ1) is 24.7. The number of thiazole rings is 1. The maximum absolute atomic E-state index is 12.7. The molecule has 2 atom stereocenters. The molecule has 2 heterocycles. The molecule has 0 unspecified atom stereocenters. The van der Waals surface area contributed by atoms with Gasteiger partial charge in [0.05, 0.1) is 6.04 Å². The average molecular weight is 514 g/mol. The monoisotopic (exact) mass is 514 g/mol. The van der Waals surface area contributed by atoms with E-state index in [-0.39, 0.29) is 26.6 Å². The molecule has 7 N–H and O–H groups in total. The van der Waals surface area contributed by atoms with E-state index >= 15 is 0 Å². The second-order valence-electron chi connectivity index (χ2n) is 6.84. The lowest BCUT2D eigenvalue weighted by atomic mass is 10.0. The van der Waals surface area contributed by atoms with Gasteiger partial charge in [-0.3, -0.25) is 18.9 Å². The fourth-order valence-electron chi connectivity index (χ4n) is 2.87.